The van der Waals surface area contributed by atoms with Gasteiger partial charge in [0.05, 0.1) is 26.0 Å². The number of hydrogen-bond donors (Lipinski definition) is 2. The molecule has 3 rings (SSSR count). The fourth-order valence-electron chi connectivity index (χ4n) is 3.63. The highest BCUT2D eigenvalue weighted by Gasteiger charge is 2.24. The van der Waals surface area contributed by atoms with Gasteiger partial charge >= 0.3 is 12.0 Å². The van der Waals surface area contributed by atoms with Crippen LogP contribution in [0.25, 0.3) is 0 Å². The molecule has 0 aliphatic carbocycles. The molecule has 2 aromatic rings. The first-order valence-electron chi connectivity index (χ1n) is 11.9. The van der Waals surface area contributed by atoms with Crippen molar-refractivity contribution in [3.63, 3.8) is 0 Å². The summed E-state index contributed by atoms with van der Waals surface area (Å²) in [5, 5.41) is 14.6. The van der Waals surface area contributed by atoms with Gasteiger partial charge in [-0.3, -0.25) is 9.48 Å². The summed E-state index contributed by atoms with van der Waals surface area (Å²) in [7, 11) is 3.32. The standard InChI is InChI=1S/C24H36N6O5/c1-17-12-25-18(2)15-35-23(31)9-6-10-30-13-20(27-28-30)16-34-22(17)14-29(3)24(32)26-19-7-5-8-21(11-19)33-4/h5,7-8,11,13,17-18,22,25H,6,9-10,12,14-16H2,1-4H3,(H,26,32)/t17-,18-,22-/m0/s1. The van der Waals surface area contributed by atoms with Gasteiger partial charge in [0.1, 0.15) is 18.1 Å². The lowest BCUT2D eigenvalue weighted by molar-refractivity contribution is -0.144. The largest absolute Gasteiger partial charge is 0.497 e. The molecule has 11 heteroatoms. The number of methoxy groups -OCH3 is 1. The number of ether oxygens (including phenoxy) is 3. The molecule has 3 atom stereocenters. The van der Waals surface area contributed by atoms with Gasteiger partial charge < -0.3 is 29.7 Å². The zero-order valence-corrected chi connectivity index (χ0v) is 20.9. The van der Waals surface area contributed by atoms with Crippen molar-refractivity contribution in [3.05, 3.63) is 36.2 Å². The van der Waals surface area contributed by atoms with E-state index in [1.807, 2.05) is 25.3 Å². The summed E-state index contributed by atoms with van der Waals surface area (Å²) in [6.45, 7) is 6.18. The van der Waals surface area contributed by atoms with Gasteiger partial charge in [0.2, 0.25) is 0 Å². The van der Waals surface area contributed by atoms with Gasteiger partial charge in [-0.25, -0.2) is 4.79 Å². The summed E-state index contributed by atoms with van der Waals surface area (Å²) in [4.78, 5) is 26.4. The monoisotopic (exact) mass is 488 g/mol. The highest BCUT2D eigenvalue weighted by Crippen LogP contribution is 2.18. The average Bonchev–Trinajstić information content (AvgIpc) is 3.30. The summed E-state index contributed by atoms with van der Waals surface area (Å²) >= 11 is 0. The third-order valence-electron chi connectivity index (χ3n) is 5.84. The maximum absolute atomic E-state index is 12.8. The van der Waals surface area contributed by atoms with Crippen molar-refractivity contribution in [1.82, 2.24) is 25.2 Å². The van der Waals surface area contributed by atoms with Gasteiger partial charge in [0.25, 0.3) is 0 Å². The van der Waals surface area contributed by atoms with Crippen LogP contribution in [-0.4, -0.2) is 77.9 Å². The summed E-state index contributed by atoms with van der Waals surface area (Å²) in [6, 6.07) is 6.95. The van der Waals surface area contributed by atoms with Crippen LogP contribution in [0.3, 0.4) is 0 Å². The zero-order valence-electron chi connectivity index (χ0n) is 20.9. The fraction of sp³-hybridized carbons (Fsp3) is 0.583. The molecule has 0 unspecified atom stereocenters. The first kappa shape index (κ1) is 26.4. The lowest BCUT2D eigenvalue weighted by Gasteiger charge is -2.30. The summed E-state index contributed by atoms with van der Waals surface area (Å²) in [5.41, 5.74) is 1.34. The molecule has 0 radical (unpaired) electrons. The number of aryl methyl sites for hydroxylation is 1. The van der Waals surface area contributed by atoms with Crippen LogP contribution >= 0.6 is 0 Å². The molecule has 2 amide bonds. The normalized spacial score (nSPS) is 22.2. The number of benzene rings is 1. The molecule has 0 saturated heterocycles. The Morgan fingerprint density at radius 2 is 2.20 bits per heavy atom. The van der Waals surface area contributed by atoms with Gasteiger partial charge in [-0.05, 0) is 31.4 Å². The summed E-state index contributed by atoms with van der Waals surface area (Å²) in [6.07, 6.45) is 2.51. The molecule has 2 heterocycles. The summed E-state index contributed by atoms with van der Waals surface area (Å²) in [5.74, 6) is 0.506. The predicted molar refractivity (Wildman–Crippen MR) is 130 cm³/mol. The van der Waals surface area contributed by atoms with Crippen LogP contribution in [0.15, 0.2) is 30.5 Å². The Morgan fingerprint density at radius 3 is 3.00 bits per heavy atom. The highest BCUT2D eigenvalue weighted by molar-refractivity contribution is 5.89. The van der Waals surface area contributed by atoms with Gasteiger partial charge in [-0.15, -0.1) is 5.10 Å². The topological polar surface area (TPSA) is 120 Å². The average molecular weight is 489 g/mol. The fourth-order valence-corrected chi connectivity index (χ4v) is 3.63. The van der Waals surface area contributed by atoms with Crippen LogP contribution in [0.2, 0.25) is 0 Å². The Morgan fingerprint density at radius 1 is 1.37 bits per heavy atom. The Hall–Kier alpha value is -3.18. The van der Waals surface area contributed by atoms with Crippen molar-refractivity contribution in [2.24, 2.45) is 5.92 Å². The van der Waals surface area contributed by atoms with E-state index in [4.69, 9.17) is 14.2 Å². The van der Waals surface area contributed by atoms with Crippen LogP contribution in [0.4, 0.5) is 10.5 Å². The number of nitrogens with zero attached hydrogens (tertiary/aromatic N) is 4. The molecular formula is C24H36N6O5. The minimum Gasteiger partial charge on any atom is -0.497 e. The minimum absolute atomic E-state index is 0.00307. The van der Waals surface area contributed by atoms with Crippen LogP contribution in [0.5, 0.6) is 5.75 Å². The van der Waals surface area contributed by atoms with E-state index in [-0.39, 0.29) is 36.7 Å². The van der Waals surface area contributed by atoms with Gasteiger partial charge in [0, 0.05) is 50.9 Å². The molecule has 2 bridgehead atoms. The number of rotatable bonds is 4. The minimum atomic E-state index is -0.267. The maximum atomic E-state index is 12.8. The van der Waals surface area contributed by atoms with Crippen LogP contribution in [0.1, 0.15) is 32.4 Å². The number of cyclic esters (lactones) is 1. The Labute approximate surface area is 206 Å². The van der Waals surface area contributed by atoms with E-state index >= 15 is 0 Å². The van der Waals surface area contributed by atoms with E-state index in [1.54, 1.807) is 35.9 Å². The maximum Gasteiger partial charge on any atom is 0.321 e. The molecule has 0 fully saturated rings. The Balaban J connectivity index is 1.66. The molecule has 1 aromatic heterocycles. The van der Waals surface area contributed by atoms with Crippen molar-refractivity contribution in [1.29, 1.82) is 0 Å². The lowest BCUT2D eigenvalue weighted by Crippen LogP contribution is -2.44. The molecule has 1 aliphatic rings. The Bertz CT molecular complexity index is 967. The van der Waals surface area contributed by atoms with E-state index in [1.165, 1.54) is 0 Å². The number of fused-ring (bicyclic) bond motifs is 2. The van der Waals surface area contributed by atoms with E-state index < -0.39 is 0 Å². The number of aromatic nitrogens is 3. The number of carbonyl (C=O) groups excluding carboxylic acids is 2. The molecule has 2 N–H and O–H groups in total. The van der Waals surface area contributed by atoms with E-state index in [0.29, 0.717) is 56.2 Å². The quantitative estimate of drug-likeness (QED) is 0.629. The number of anilines is 1. The molecule has 192 valence electrons. The molecule has 11 nitrogen and oxygen atoms in total. The number of esters is 1. The first-order valence-corrected chi connectivity index (χ1v) is 11.9. The lowest BCUT2D eigenvalue weighted by atomic mass is 10.0. The van der Waals surface area contributed by atoms with Gasteiger partial charge in [-0.2, -0.15) is 0 Å². The van der Waals surface area contributed by atoms with Crippen LogP contribution in [-0.2, 0) is 27.4 Å². The second-order valence-electron chi connectivity index (χ2n) is 8.94. The van der Waals surface area contributed by atoms with Crippen molar-refractivity contribution in [2.45, 2.75) is 52.0 Å². The molecule has 0 spiro atoms. The van der Waals surface area contributed by atoms with Crippen molar-refractivity contribution in [3.8, 4) is 5.75 Å². The predicted octanol–water partition coefficient (Wildman–Crippen LogP) is 2.29. The number of amides is 2. The molecular weight excluding hydrogens is 452 g/mol. The van der Waals surface area contributed by atoms with Crippen molar-refractivity contribution >= 4 is 17.7 Å². The third-order valence-corrected chi connectivity index (χ3v) is 5.84. The second kappa shape index (κ2) is 13.1. The van der Waals surface area contributed by atoms with E-state index in [0.717, 1.165) is 0 Å². The number of likely N-dealkylation sites (N-methyl/N-ethyl adjacent to an activating group) is 1. The first-order chi connectivity index (χ1) is 16.8. The summed E-state index contributed by atoms with van der Waals surface area (Å²) < 4.78 is 18.5. The van der Waals surface area contributed by atoms with Crippen molar-refractivity contribution < 1.29 is 23.8 Å². The highest BCUT2D eigenvalue weighted by atomic mass is 16.5. The number of urea groups is 1. The molecule has 35 heavy (non-hydrogen) atoms. The van der Waals surface area contributed by atoms with E-state index in [2.05, 4.69) is 27.9 Å². The second-order valence-corrected chi connectivity index (χ2v) is 8.94. The van der Waals surface area contributed by atoms with Crippen LogP contribution < -0.4 is 15.4 Å². The van der Waals surface area contributed by atoms with Gasteiger partial charge in [-0.1, -0.05) is 18.2 Å². The molecule has 1 aliphatic heterocycles. The smallest absolute Gasteiger partial charge is 0.321 e. The number of hydrogen-bond acceptors (Lipinski definition) is 8. The SMILES string of the molecule is COc1cccc(NC(=O)N(C)C[C@@H]2OCc3cn(nn3)CCCC(=O)OC[C@H](C)NC[C@@H]2C)c1. The van der Waals surface area contributed by atoms with Crippen molar-refractivity contribution in [2.75, 3.05) is 39.2 Å². The Kier molecular flexibility index (Phi) is 9.86. The van der Waals surface area contributed by atoms with Crippen LogP contribution in [0, 0.1) is 5.92 Å². The zero-order chi connectivity index (χ0) is 25.2. The molecule has 1 aromatic carbocycles. The number of carbonyl (C=O) groups is 2. The number of nitrogens with one attached hydrogen (secondary N) is 2. The molecule has 0 saturated carbocycles. The third kappa shape index (κ3) is 8.52. The van der Waals surface area contributed by atoms with Gasteiger partial charge in [0.15, 0.2) is 0 Å². The van der Waals surface area contributed by atoms with E-state index in [9.17, 15) is 9.59 Å².